The molecule has 2 aliphatic heterocycles. The molecule has 0 aliphatic carbocycles. The van der Waals surface area contributed by atoms with Gasteiger partial charge in [-0.25, -0.2) is 0 Å². The van der Waals surface area contributed by atoms with Crippen molar-refractivity contribution in [3.05, 3.63) is 47.8 Å². The number of piperidine rings is 1. The van der Waals surface area contributed by atoms with Crippen molar-refractivity contribution in [2.45, 2.75) is 57.7 Å². The zero-order chi connectivity index (χ0) is 25.8. The molecular weight excluding hydrogens is 473 g/mol. The molecule has 1 fully saturated rings. The molecule has 1 aromatic carbocycles. The number of aryl methyl sites for hydroxylation is 1. The van der Waals surface area contributed by atoms with Gasteiger partial charge in [-0.3, -0.25) is 14.3 Å². The standard InChI is InChI=1S/C26H33F3N4O3/c1-31-17-18-36-21-9-5-4-8-20(21)7-3-2-6-11-25(24(31)35)12-15-32(16-13-25)23(34)19-33-14-10-22(30-33)26(27,28)29/h4-5,8-10,14H,2-3,6-7,11-13,15-19H2,1H3. The summed E-state index contributed by atoms with van der Waals surface area (Å²) >= 11 is 0. The largest absolute Gasteiger partial charge is 0.491 e. The van der Waals surface area contributed by atoms with Crippen LogP contribution in [0.4, 0.5) is 13.2 Å². The number of ether oxygens (including phenoxy) is 1. The maximum absolute atomic E-state index is 13.6. The Morgan fingerprint density at radius 2 is 1.81 bits per heavy atom. The molecular formula is C26H33F3N4O3. The molecule has 2 aromatic rings. The number of carbonyl (C=O) groups is 2. The van der Waals surface area contributed by atoms with Crippen LogP contribution in [0.5, 0.6) is 5.75 Å². The summed E-state index contributed by atoms with van der Waals surface area (Å²) in [7, 11) is 1.80. The number of halogens is 3. The molecule has 2 amide bonds. The topological polar surface area (TPSA) is 67.7 Å². The lowest BCUT2D eigenvalue weighted by Crippen LogP contribution is -2.51. The molecule has 0 N–H and O–H groups in total. The predicted molar refractivity (Wildman–Crippen MR) is 127 cm³/mol. The van der Waals surface area contributed by atoms with E-state index in [1.165, 1.54) is 11.8 Å². The molecule has 0 unspecified atom stereocenters. The first-order valence-corrected chi connectivity index (χ1v) is 12.5. The summed E-state index contributed by atoms with van der Waals surface area (Å²) in [5.41, 5.74) is -0.369. The van der Waals surface area contributed by atoms with E-state index in [-0.39, 0.29) is 18.4 Å². The lowest BCUT2D eigenvalue weighted by atomic mass is 9.73. The van der Waals surface area contributed by atoms with Gasteiger partial charge in [-0.05, 0) is 49.8 Å². The molecule has 0 saturated carbocycles. The number of likely N-dealkylation sites (tertiary alicyclic amines) is 1. The molecule has 7 nitrogen and oxygen atoms in total. The van der Waals surface area contributed by atoms with Crippen LogP contribution < -0.4 is 4.74 Å². The maximum atomic E-state index is 13.6. The van der Waals surface area contributed by atoms with Gasteiger partial charge in [0.05, 0.1) is 12.0 Å². The summed E-state index contributed by atoms with van der Waals surface area (Å²) < 4.78 is 45.4. The first-order valence-electron chi connectivity index (χ1n) is 12.5. The Kier molecular flexibility index (Phi) is 7.90. The predicted octanol–water partition coefficient (Wildman–Crippen LogP) is 4.16. The minimum Gasteiger partial charge on any atom is -0.491 e. The fourth-order valence-corrected chi connectivity index (χ4v) is 5.20. The molecule has 0 bridgehead atoms. The van der Waals surface area contributed by atoms with E-state index in [1.54, 1.807) is 16.8 Å². The van der Waals surface area contributed by atoms with Gasteiger partial charge >= 0.3 is 6.18 Å². The van der Waals surface area contributed by atoms with Crippen molar-refractivity contribution in [2.75, 3.05) is 33.3 Å². The van der Waals surface area contributed by atoms with Crippen molar-refractivity contribution in [2.24, 2.45) is 5.41 Å². The van der Waals surface area contributed by atoms with Crippen molar-refractivity contribution in [1.82, 2.24) is 19.6 Å². The van der Waals surface area contributed by atoms with Crippen LogP contribution in [0.3, 0.4) is 0 Å². The molecule has 2 aliphatic rings. The van der Waals surface area contributed by atoms with Crippen LogP contribution in [0.2, 0.25) is 0 Å². The Hall–Kier alpha value is -3.04. The van der Waals surface area contributed by atoms with Crippen LogP contribution >= 0.6 is 0 Å². The van der Waals surface area contributed by atoms with Gasteiger partial charge in [-0.2, -0.15) is 18.3 Å². The fraction of sp³-hybridized carbons (Fsp3) is 0.577. The number of nitrogens with zero attached hydrogens (tertiary/aromatic N) is 4. The highest BCUT2D eigenvalue weighted by Gasteiger charge is 2.43. The molecule has 1 spiro atoms. The van der Waals surface area contributed by atoms with E-state index < -0.39 is 17.3 Å². The number of fused-ring (bicyclic) bond motifs is 1. The van der Waals surface area contributed by atoms with Crippen molar-refractivity contribution in [1.29, 1.82) is 0 Å². The summed E-state index contributed by atoms with van der Waals surface area (Å²) in [6, 6.07) is 8.89. The monoisotopic (exact) mass is 506 g/mol. The number of benzene rings is 1. The Bertz CT molecular complexity index is 1060. The van der Waals surface area contributed by atoms with Crippen molar-refractivity contribution in [3.63, 3.8) is 0 Å². The Morgan fingerprint density at radius 3 is 2.53 bits per heavy atom. The first-order chi connectivity index (χ1) is 17.2. The van der Waals surface area contributed by atoms with Gasteiger partial charge in [0.25, 0.3) is 0 Å². The molecule has 0 radical (unpaired) electrons. The van der Waals surface area contributed by atoms with Crippen LogP contribution in [-0.2, 0) is 28.7 Å². The van der Waals surface area contributed by atoms with E-state index in [4.69, 9.17) is 4.74 Å². The van der Waals surface area contributed by atoms with Gasteiger partial charge in [-0.15, -0.1) is 0 Å². The second-order valence-electron chi connectivity index (χ2n) is 9.80. The van der Waals surface area contributed by atoms with Gasteiger partial charge in [-0.1, -0.05) is 31.0 Å². The third kappa shape index (κ3) is 6.02. The maximum Gasteiger partial charge on any atom is 0.435 e. The number of alkyl halides is 3. The third-order valence-electron chi connectivity index (χ3n) is 7.36. The quantitative estimate of drug-likeness (QED) is 0.614. The van der Waals surface area contributed by atoms with E-state index in [2.05, 4.69) is 11.2 Å². The second-order valence-corrected chi connectivity index (χ2v) is 9.80. The molecule has 3 heterocycles. The van der Waals surface area contributed by atoms with Gasteiger partial charge in [0.2, 0.25) is 11.8 Å². The second kappa shape index (κ2) is 10.9. The van der Waals surface area contributed by atoms with Crippen molar-refractivity contribution in [3.8, 4) is 5.75 Å². The summed E-state index contributed by atoms with van der Waals surface area (Å²) in [6.45, 7) is 1.42. The molecule has 10 heteroatoms. The van der Waals surface area contributed by atoms with Crippen LogP contribution in [-0.4, -0.2) is 64.7 Å². The SMILES string of the molecule is CN1CCOc2ccccc2CCCCCC2(CCN(C(=O)Cn3ccc(C(F)(F)F)n3)CC2)C1=O. The number of likely N-dealkylation sites (N-methyl/N-ethyl adjacent to an activating group) is 1. The Labute approximate surface area is 209 Å². The van der Waals surface area contributed by atoms with Gasteiger partial charge in [0.1, 0.15) is 18.9 Å². The highest BCUT2D eigenvalue weighted by Crippen LogP contribution is 2.39. The van der Waals surface area contributed by atoms with Crippen molar-refractivity contribution >= 4 is 11.8 Å². The average molecular weight is 507 g/mol. The number of hydrogen-bond donors (Lipinski definition) is 0. The number of carbonyl (C=O) groups excluding carboxylic acids is 2. The normalized spacial score (nSPS) is 19.6. The van der Waals surface area contributed by atoms with Crippen molar-refractivity contribution < 1.29 is 27.5 Å². The van der Waals surface area contributed by atoms with Crippen LogP contribution in [0.25, 0.3) is 0 Å². The smallest absolute Gasteiger partial charge is 0.435 e. The highest BCUT2D eigenvalue weighted by atomic mass is 19.4. The van der Waals surface area contributed by atoms with Gasteiger partial charge in [0.15, 0.2) is 5.69 Å². The minimum atomic E-state index is -4.54. The minimum absolute atomic E-state index is 0.0765. The Morgan fingerprint density at radius 1 is 1.06 bits per heavy atom. The van der Waals surface area contributed by atoms with Crippen LogP contribution in [0.15, 0.2) is 36.5 Å². The number of rotatable bonds is 2. The van der Waals surface area contributed by atoms with E-state index >= 15 is 0 Å². The van der Waals surface area contributed by atoms with Gasteiger partial charge in [0, 0.05) is 26.3 Å². The van der Waals surface area contributed by atoms with E-state index in [9.17, 15) is 22.8 Å². The first kappa shape index (κ1) is 26.0. The molecule has 1 saturated heterocycles. The number of amides is 2. The number of aromatic nitrogens is 2. The molecule has 36 heavy (non-hydrogen) atoms. The van der Waals surface area contributed by atoms with Crippen LogP contribution in [0.1, 0.15) is 49.8 Å². The van der Waals surface area contributed by atoms with E-state index in [1.807, 2.05) is 18.2 Å². The number of para-hydroxylation sites is 1. The zero-order valence-electron chi connectivity index (χ0n) is 20.6. The zero-order valence-corrected chi connectivity index (χ0v) is 20.6. The third-order valence-corrected chi connectivity index (χ3v) is 7.36. The van der Waals surface area contributed by atoms with E-state index in [0.29, 0.717) is 39.1 Å². The fourth-order valence-electron chi connectivity index (χ4n) is 5.20. The van der Waals surface area contributed by atoms with Crippen LogP contribution in [0, 0.1) is 5.41 Å². The lowest BCUT2D eigenvalue weighted by Gasteiger charge is -2.42. The summed E-state index contributed by atoms with van der Waals surface area (Å²) in [5.74, 6) is 0.657. The molecule has 0 atom stereocenters. The average Bonchev–Trinajstić information content (AvgIpc) is 3.33. The summed E-state index contributed by atoms with van der Waals surface area (Å²) in [4.78, 5) is 29.7. The molecule has 4 rings (SSSR count). The summed E-state index contributed by atoms with van der Waals surface area (Å²) in [6.07, 6.45) is 2.31. The molecule has 1 aromatic heterocycles. The Balaban J connectivity index is 1.38. The highest BCUT2D eigenvalue weighted by molar-refractivity contribution is 5.83. The number of hydrogen-bond acceptors (Lipinski definition) is 4. The lowest BCUT2D eigenvalue weighted by molar-refractivity contribution is -0.148. The van der Waals surface area contributed by atoms with Gasteiger partial charge < -0.3 is 14.5 Å². The molecule has 196 valence electrons. The van der Waals surface area contributed by atoms with E-state index in [0.717, 1.165) is 48.6 Å². The summed E-state index contributed by atoms with van der Waals surface area (Å²) in [5, 5.41) is 3.47.